The number of amides is 2. The van der Waals surface area contributed by atoms with Crippen molar-refractivity contribution >= 4 is 33.0 Å². The van der Waals surface area contributed by atoms with Gasteiger partial charge < -0.3 is 20.1 Å². The van der Waals surface area contributed by atoms with Crippen LogP contribution >= 0.6 is 0 Å². The van der Waals surface area contributed by atoms with Gasteiger partial charge in [-0.2, -0.15) is 0 Å². The molecule has 0 aromatic heterocycles. The van der Waals surface area contributed by atoms with Crippen LogP contribution in [0.5, 0.6) is 11.5 Å². The number of para-hydroxylation sites is 1. The number of nitrogens with one attached hydrogen (secondary N) is 2. The minimum Gasteiger partial charge on any atom is -0.493 e. The number of ether oxygens (including phenoxy) is 2. The molecule has 0 spiro atoms. The van der Waals surface area contributed by atoms with Gasteiger partial charge in [-0.25, -0.2) is 8.42 Å². The molecular weight excluding hydrogens is 396 g/mol. The van der Waals surface area contributed by atoms with Crippen molar-refractivity contribution in [3.8, 4) is 11.5 Å². The molecule has 2 aromatic rings. The lowest BCUT2D eigenvalue weighted by Crippen LogP contribution is -2.39. The minimum atomic E-state index is -4.02. The standard InChI is InChI=1S/C20H24N2O6S/c1-4-18(20(24)22-14-8-6-5-7-9-14)29(25,26)13-19(23)21-15-10-11-16(27-2)17(12-15)28-3/h5-12,18H,4,13H2,1-3H3,(H,21,23)(H,22,24). The second-order valence-electron chi connectivity index (χ2n) is 6.18. The third-order valence-electron chi connectivity index (χ3n) is 4.14. The summed E-state index contributed by atoms with van der Waals surface area (Å²) in [5.41, 5.74) is 0.838. The summed E-state index contributed by atoms with van der Waals surface area (Å²) in [4.78, 5) is 24.7. The molecule has 1 unspecified atom stereocenters. The summed E-state index contributed by atoms with van der Waals surface area (Å²) in [7, 11) is -1.09. The normalized spacial score (nSPS) is 12.0. The molecule has 8 nitrogen and oxygen atoms in total. The summed E-state index contributed by atoms with van der Waals surface area (Å²) in [5.74, 6) is -1.37. The van der Waals surface area contributed by atoms with Crippen LogP contribution in [0.2, 0.25) is 0 Å². The molecule has 0 bridgehead atoms. The van der Waals surface area contributed by atoms with Gasteiger partial charge in [0.05, 0.1) is 14.2 Å². The Morgan fingerprint density at radius 3 is 2.17 bits per heavy atom. The number of benzene rings is 2. The maximum Gasteiger partial charge on any atom is 0.242 e. The van der Waals surface area contributed by atoms with Crippen LogP contribution in [0.25, 0.3) is 0 Å². The van der Waals surface area contributed by atoms with E-state index in [0.29, 0.717) is 22.9 Å². The third-order valence-corrected chi connectivity index (χ3v) is 6.22. The number of methoxy groups -OCH3 is 2. The predicted octanol–water partition coefficient (Wildman–Crippen LogP) is 2.47. The lowest BCUT2D eigenvalue weighted by Gasteiger charge is -2.16. The van der Waals surface area contributed by atoms with Crippen LogP contribution in [0.3, 0.4) is 0 Å². The molecule has 156 valence electrons. The number of sulfone groups is 1. The van der Waals surface area contributed by atoms with E-state index < -0.39 is 32.7 Å². The Balaban J connectivity index is 2.07. The molecule has 2 N–H and O–H groups in total. The SMILES string of the molecule is CCC(C(=O)Nc1ccccc1)S(=O)(=O)CC(=O)Nc1ccc(OC)c(OC)c1. The summed E-state index contributed by atoms with van der Waals surface area (Å²) < 4.78 is 35.6. The zero-order valence-electron chi connectivity index (χ0n) is 16.5. The molecule has 2 amide bonds. The number of rotatable bonds is 9. The van der Waals surface area contributed by atoms with Crippen molar-refractivity contribution in [3.63, 3.8) is 0 Å². The summed E-state index contributed by atoms with van der Waals surface area (Å²) >= 11 is 0. The van der Waals surface area contributed by atoms with Gasteiger partial charge in [0.15, 0.2) is 21.3 Å². The monoisotopic (exact) mass is 420 g/mol. The van der Waals surface area contributed by atoms with E-state index in [9.17, 15) is 18.0 Å². The topological polar surface area (TPSA) is 111 Å². The quantitative estimate of drug-likeness (QED) is 0.645. The fraction of sp³-hybridized carbons (Fsp3) is 0.300. The molecule has 0 saturated carbocycles. The van der Waals surface area contributed by atoms with E-state index in [1.165, 1.54) is 20.3 Å². The van der Waals surface area contributed by atoms with E-state index in [1.54, 1.807) is 49.4 Å². The number of hydrogen-bond donors (Lipinski definition) is 2. The Kier molecular flexibility index (Phi) is 7.60. The summed E-state index contributed by atoms with van der Waals surface area (Å²) in [6.07, 6.45) is 0.0463. The molecular formula is C20H24N2O6S. The molecule has 0 saturated heterocycles. The van der Waals surface area contributed by atoms with Crippen molar-refractivity contribution < 1.29 is 27.5 Å². The second kappa shape index (κ2) is 9.92. The van der Waals surface area contributed by atoms with Crippen LogP contribution in [0.15, 0.2) is 48.5 Å². The van der Waals surface area contributed by atoms with Crippen LogP contribution in [0, 0.1) is 0 Å². The van der Waals surface area contributed by atoms with Crippen molar-refractivity contribution in [3.05, 3.63) is 48.5 Å². The molecule has 1 atom stereocenters. The van der Waals surface area contributed by atoms with Gasteiger partial charge in [-0.15, -0.1) is 0 Å². The van der Waals surface area contributed by atoms with Crippen LogP contribution in [0.4, 0.5) is 11.4 Å². The van der Waals surface area contributed by atoms with E-state index in [-0.39, 0.29) is 6.42 Å². The van der Waals surface area contributed by atoms with Gasteiger partial charge in [0, 0.05) is 17.4 Å². The maximum absolute atomic E-state index is 12.7. The van der Waals surface area contributed by atoms with Gasteiger partial charge in [-0.05, 0) is 30.7 Å². The van der Waals surface area contributed by atoms with Crippen molar-refractivity contribution in [2.75, 3.05) is 30.6 Å². The molecule has 0 aliphatic heterocycles. The predicted molar refractivity (Wildman–Crippen MR) is 111 cm³/mol. The number of carbonyl (C=O) groups excluding carboxylic acids is 2. The van der Waals surface area contributed by atoms with Crippen molar-refractivity contribution in [1.82, 2.24) is 0 Å². The first-order valence-corrected chi connectivity index (χ1v) is 10.6. The molecule has 29 heavy (non-hydrogen) atoms. The average molecular weight is 420 g/mol. The molecule has 0 heterocycles. The highest BCUT2D eigenvalue weighted by molar-refractivity contribution is 7.93. The molecule has 2 rings (SSSR count). The zero-order chi connectivity index (χ0) is 21.4. The Labute approximate surface area is 170 Å². The molecule has 0 radical (unpaired) electrons. The van der Waals surface area contributed by atoms with E-state index >= 15 is 0 Å². The highest BCUT2D eigenvalue weighted by atomic mass is 32.2. The fourth-order valence-corrected chi connectivity index (χ4v) is 4.27. The van der Waals surface area contributed by atoms with Crippen LogP contribution in [-0.4, -0.2) is 45.5 Å². The van der Waals surface area contributed by atoms with E-state index in [2.05, 4.69) is 10.6 Å². The molecule has 0 aliphatic carbocycles. The summed E-state index contributed by atoms with van der Waals surface area (Å²) in [5, 5.41) is 3.74. The maximum atomic E-state index is 12.7. The Hall–Kier alpha value is -3.07. The van der Waals surface area contributed by atoms with E-state index in [4.69, 9.17) is 9.47 Å². The van der Waals surface area contributed by atoms with Gasteiger partial charge >= 0.3 is 0 Å². The largest absolute Gasteiger partial charge is 0.493 e. The third kappa shape index (κ3) is 5.95. The van der Waals surface area contributed by atoms with Gasteiger partial charge in [-0.1, -0.05) is 25.1 Å². The Morgan fingerprint density at radius 1 is 0.931 bits per heavy atom. The van der Waals surface area contributed by atoms with Gasteiger partial charge in [0.25, 0.3) is 0 Å². The van der Waals surface area contributed by atoms with Crippen LogP contribution < -0.4 is 20.1 Å². The molecule has 9 heteroatoms. The number of hydrogen-bond acceptors (Lipinski definition) is 6. The first-order chi connectivity index (χ1) is 13.8. The highest BCUT2D eigenvalue weighted by Gasteiger charge is 2.33. The summed E-state index contributed by atoms with van der Waals surface area (Å²) in [6, 6.07) is 13.2. The Morgan fingerprint density at radius 2 is 1.59 bits per heavy atom. The second-order valence-corrected chi connectivity index (χ2v) is 8.36. The molecule has 2 aromatic carbocycles. The van der Waals surface area contributed by atoms with Gasteiger partial charge in [0.2, 0.25) is 11.8 Å². The summed E-state index contributed by atoms with van der Waals surface area (Å²) in [6.45, 7) is 1.58. The number of anilines is 2. The van der Waals surface area contributed by atoms with E-state index in [1.807, 2.05) is 0 Å². The zero-order valence-corrected chi connectivity index (χ0v) is 17.3. The fourth-order valence-electron chi connectivity index (χ4n) is 2.74. The van der Waals surface area contributed by atoms with Gasteiger partial charge in [0.1, 0.15) is 11.0 Å². The molecule has 0 fully saturated rings. The van der Waals surface area contributed by atoms with Gasteiger partial charge in [-0.3, -0.25) is 9.59 Å². The lowest BCUT2D eigenvalue weighted by molar-refractivity contribution is -0.115. The lowest BCUT2D eigenvalue weighted by atomic mass is 10.2. The van der Waals surface area contributed by atoms with Crippen molar-refractivity contribution in [2.45, 2.75) is 18.6 Å². The van der Waals surface area contributed by atoms with Crippen LogP contribution in [0.1, 0.15) is 13.3 Å². The average Bonchev–Trinajstić information content (AvgIpc) is 2.68. The molecule has 0 aliphatic rings. The highest BCUT2D eigenvalue weighted by Crippen LogP contribution is 2.29. The minimum absolute atomic E-state index is 0.0463. The van der Waals surface area contributed by atoms with Crippen molar-refractivity contribution in [2.24, 2.45) is 0 Å². The first kappa shape index (κ1) is 22.2. The van der Waals surface area contributed by atoms with Crippen molar-refractivity contribution in [1.29, 1.82) is 0 Å². The Bertz CT molecular complexity index is 960. The smallest absolute Gasteiger partial charge is 0.242 e. The van der Waals surface area contributed by atoms with Crippen LogP contribution in [-0.2, 0) is 19.4 Å². The van der Waals surface area contributed by atoms with E-state index in [0.717, 1.165) is 0 Å². The number of carbonyl (C=O) groups is 2. The first-order valence-electron chi connectivity index (χ1n) is 8.90.